The van der Waals surface area contributed by atoms with Crippen LogP contribution < -0.4 is 0 Å². The summed E-state index contributed by atoms with van der Waals surface area (Å²) in [6.45, 7) is 11.8. The van der Waals surface area contributed by atoms with Gasteiger partial charge in [0.25, 0.3) is 0 Å². The number of hydrogen-bond donors (Lipinski definition) is 0. The first-order valence-electron chi connectivity index (χ1n) is 12.1. The SMILES string of the molecule is CC=CC(CCCCCCC)C(CCC)(OC)C(OCC)(OCC)c1ccccc1.O. The predicted octanol–water partition coefficient (Wildman–Crippen LogP) is 6.83. The van der Waals surface area contributed by atoms with Crippen LogP contribution in [0.1, 0.15) is 91.5 Å². The molecule has 4 nitrogen and oxygen atoms in total. The molecule has 0 bridgehead atoms. The van der Waals surface area contributed by atoms with Gasteiger partial charge >= 0.3 is 0 Å². The molecule has 1 aromatic rings. The van der Waals surface area contributed by atoms with Gasteiger partial charge in [-0.25, -0.2) is 0 Å². The van der Waals surface area contributed by atoms with Crippen molar-refractivity contribution in [2.45, 2.75) is 97.4 Å². The van der Waals surface area contributed by atoms with Crippen LogP contribution in [0.2, 0.25) is 0 Å². The van der Waals surface area contributed by atoms with Gasteiger partial charge in [0.2, 0.25) is 5.79 Å². The molecule has 0 heterocycles. The molecule has 2 unspecified atom stereocenters. The van der Waals surface area contributed by atoms with Crippen LogP contribution in [0.3, 0.4) is 0 Å². The zero-order valence-electron chi connectivity index (χ0n) is 20.9. The van der Waals surface area contributed by atoms with Gasteiger partial charge in [0, 0.05) is 31.8 Å². The lowest BCUT2D eigenvalue weighted by atomic mass is 9.71. The lowest BCUT2D eigenvalue weighted by Gasteiger charge is -2.52. The van der Waals surface area contributed by atoms with Crippen LogP contribution in [0.4, 0.5) is 0 Å². The highest BCUT2D eigenvalue weighted by molar-refractivity contribution is 5.26. The van der Waals surface area contributed by atoms with Crippen LogP contribution in [0, 0.1) is 5.92 Å². The first-order valence-corrected chi connectivity index (χ1v) is 12.1. The fourth-order valence-corrected chi connectivity index (χ4v) is 4.80. The summed E-state index contributed by atoms with van der Waals surface area (Å²) in [7, 11) is 1.83. The van der Waals surface area contributed by atoms with Crippen molar-refractivity contribution >= 4 is 0 Å². The second-order valence-electron chi connectivity index (χ2n) is 8.03. The summed E-state index contributed by atoms with van der Waals surface area (Å²) in [6, 6.07) is 10.4. The van der Waals surface area contributed by atoms with E-state index in [1.807, 2.05) is 27.0 Å². The molecule has 2 atom stereocenters. The quantitative estimate of drug-likeness (QED) is 0.153. The van der Waals surface area contributed by atoms with E-state index in [0.29, 0.717) is 13.2 Å². The average Bonchev–Trinajstić information content (AvgIpc) is 2.77. The van der Waals surface area contributed by atoms with Crippen molar-refractivity contribution in [3.63, 3.8) is 0 Å². The third-order valence-corrected chi connectivity index (χ3v) is 6.03. The van der Waals surface area contributed by atoms with Crippen molar-refractivity contribution in [3.05, 3.63) is 48.0 Å². The highest BCUT2D eigenvalue weighted by Crippen LogP contribution is 2.49. The zero-order valence-corrected chi connectivity index (χ0v) is 20.9. The van der Waals surface area contributed by atoms with Crippen molar-refractivity contribution in [1.29, 1.82) is 0 Å². The van der Waals surface area contributed by atoms with Crippen LogP contribution in [0.5, 0.6) is 0 Å². The Labute approximate surface area is 191 Å². The molecular weight excluding hydrogens is 388 g/mol. The summed E-state index contributed by atoms with van der Waals surface area (Å²) in [5.74, 6) is -0.747. The molecule has 2 N–H and O–H groups in total. The molecular formula is C27H48O4. The summed E-state index contributed by atoms with van der Waals surface area (Å²) in [5.41, 5.74) is 0.427. The van der Waals surface area contributed by atoms with Crippen molar-refractivity contribution in [2.75, 3.05) is 20.3 Å². The molecule has 0 radical (unpaired) electrons. The second-order valence-corrected chi connectivity index (χ2v) is 8.03. The summed E-state index contributed by atoms with van der Waals surface area (Å²) >= 11 is 0. The summed E-state index contributed by atoms with van der Waals surface area (Å²) < 4.78 is 19.6. The van der Waals surface area contributed by atoms with Gasteiger partial charge in [-0.1, -0.05) is 94.9 Å². The Hall–Kier alpha value is -1.20. The van der Waals surface area contributed by atoms with E-state index in [2.05, 4.69) is 57.2 Å². The van der Waals surface area contributed by atoms with Crippen LogP contribution in [-0.2, 0) is 20.0 Å². The molecule has 1 aromatic carbocycles. The topological polar surface area (TPSA) is 59.2 Å². The molecule has 0 saturated carbocycles. The number of allylic oxidation sites excluding steroid dienone is 1. The summed E-state index contributed by atoms with van der Waals surface area (Å²) in [4.78, 5) is 0. The van der Waals surface area contributed by atoms with Crippen LogP contribution in [-0.4, -0.2) is 31.4 Å². The standard InChI is InChI=1S/C27H46O3.H2O/c1-7-12-13-14-16-20-24(19-8-2)26(28-6,23-9-3)27(29-10-4,30-11-5)25-21-17-15-18-22-25;/h8,15,17-19,21-22,24H,7,9-14,16,20,23H2,1-6H3;1H2. The molecule has 1 rings (SSSR count). The van der Waals surface area contributed by atoms with Gasteiger partial charge in [0.15, 0.2) is 0 Å². The van der Waals surface area contributed by atoms with Gasteiger partial charge in [0.05, 0.1) is 0 Å². The second kappa shape index (κ2) is 16.4. The van der Waals surface area contributed by atoms with Crippen LogP contribution in [0.25, 0.3) is 0 Å². The van der Waals surface area contributed by atoms with E-state index in [1.54, 1.807) is 0 Å². The maximum atomic E-state index is 6.56. The van der Waals surface area contributed by atoms with E-state index in [4.69, 9.17) is 14.2 Å². The molecule has 0 aliphatic carbocycles. The van der Waals surface area contributed by atoms with Crippen molar-refractivity contribution in [2.24, 2.45) is 5.92 Å². The molecule has 0 aliphatic heterocycles. The van der Waals surface area contributed by atoms with Crippen LogP contribution >= 0.6 is 0 Å². The third kappa shape index (κ3) is 7.42. The molecule has 0 fully saturated rings. The predicted molar refractivity (Wildman–Crippen MR) is 131 cm³/mol. The van der Waals surface area contributed by atoms with E-state index in [1.165, 1.54) is 32.1 Å². The minimum atomic E-state index is -0.948. The minimum absolute atomic E-state index is 0. The van der Waals surface area contributed by atoms with E-state index in [-0.39, 0.29) is 11.4 Å². The van der Waals surface area contributed by atoms with E-state index >= 15 is 0 Å². The van der Waals surface area contributed by atoms with Crippen molar-refractivity contribution < 1.29 is 19.7 Å². The highest BCUT2D eigenvalue weighted by atomic mass is 16.7. The number of hydrogen-bond acceptors (Lipinski definition) is 3. The highest BCUT2D eigenvalue weighted by Gasteiger charge is 2.58. The Morgan fingerprint density at radius 1 is 0.871 bits per heavy atom. The zero-order chi connectivity index (χ0) is 22.3. The fraction of sp³-hybridized carbons (Fsp3) is 0.704. The molecule has 0 spiro atoms. The minimum Gasteiger partial charge on any atom is -0.412 e. The molecule has 180 valence electrons. The molecule has 0 aromatic heterocycles. The van der Waals surface area contributed by atoms with Gasteiger partial charge in [-0.3, -0.25) is 0 Å². The van der Waals surface area contributed by atoms with Gasteiger partial charge < -0.3 is 19.7 Å². The Bertz CT molecular complexity index is 566. The molecule has 0 amide bonds. The number of methoxy groups -OCH3 is 1. The normalized spacial score (nSPS) is 14.9. The van der Waals surface area contributed by atoms with Gasteiger partial charge in [-0.2, -0.15) is 0 Å². The monoisotopic (exact) mass is 436 g/mol. The molecule has 0 saturated heterocycles. The molecule has 4 heteroatoms. The molecule has 0 aliphatic rings. The van der Waals surface area contributed by atoms with Crippen molar-refractivity contribution in [1.82, 2.24) is 0 Å². The van der Waals surface area contributed by atoms with Gasteiger partial charge in [-0.05, 0) is 33.6 Å². The van der Waals surface area contributed by atoms with E-state index in [9.17, 15) is 0 Å². The summed E-state index contributed by atoms with van der Waals surface area (Å²) in [6.07, 6.45) is 13.7. The Morgan fingerprint density at radius 2 is 1.48 bits per heavy atom. The number of rotatable bonds is 17. The number of unbranched alkanes of at least 4 members (excludes halogenated alkanes) is 4. The maximum Gasteiger partial charge on any atom is 0.225 e. The first-order chi connectivity index (χ1) is 14.6. The number of benzene rings is 1. The summed E-state index contributed by atoms with van der Waals surface area (Å²) in [5, 5.41) is 0. The number of ether oxygens (including phenoxy) is 3. The largest absolute Gasteiger partial charge is 0.412 e. The fourth-order valence-electron chi connectivity index (χ4n) is 4.80. The van der Waals surface area contributed by atoms with E-state index < -0.39 is 11.4 Å². The van der Waals surface area contributed by atoms with Gasteiger partial charge in [-0.15, -0.1) is 0 Å². The Balaban J connectivity index is 0.00000900. The maximum absolute atomic E-state index is 6.56. The Morgan fingerprint density at radius 3 is 1.97 bits per heavy atom. The van der Waals surface area contributed by atoms with Crippen LogP contribution in [0.15, 0.2) is 42.5 Å². The smallest absolute Gasteiger partial charge is 0.225 e. The van der Waals surface area contributed by atoms with E-state index in [0.717, 1.165) is 24.8 Å². The average molecular weight is 437 g/mol. The van der Waals surface area contributed by atoms with Crippen molar-refractivity contribution in [3.8, 4) is 0 Å². The lowest BCUT2D eigenvalue weighted by molar-refractivity contribution is -0.348. The molecule has 31 heavy (non-hydrogen) atoms. The lowest BCUT2D eigenvalue weighted by Crippen LogP contribution is -2.60. The Kier molecular flexibility index (Phi) is 15.8. The van der Waals surface area contributed by atoms with Gasteiger partial charge in [0.1, 0.15) is 5.60 Å². The first kappa shape index (κ1) is 29.8. The third-order valence-electron chi connectivity index (χ3n) is 6.03.